The van der Waals surface area contributed by atoms with Crippen LogP contribution in [0.5, 0.6) is 0 Å². The largest absolute Gasteiger partial charge is 0.342 e. The van der Waals surface area contributed by atoms with Crippen LogP contribution in [-0.2, 0) is 4.79 Å². The molecule has 17 heavy (non-hydrogen) atoms. The van der Waals surface area contributed by atoms with Gasteiger partial charge in [0, 0.05) is 25.0 Å². The van der Waals surface area contributed by atoms with Gasteiger partial charge in [0.25, 0.3) is 0 Å². The third-order valence-electron chi connectivity index (χ3n) is 4.73. The highest BCUT2D eigenvalue weighted by Gasteiger charge is 2.36. The topological polar surface area (TPSA) is 46.3 Å². The molecule has 2 rings (SSSR count). The molecule has 1 amide bonds. The zero-order valence-corrected chi connectivity index (χ0v) is 11.2. The first-order valence-corrected chi connectivity index (χ1v) is 7.16. The van der Waals surface area contributed by atoms with Crippen molar-refractivity contribution in [3.63, 3.8) is 0 Å². The van der Waals surface area contributed by atoms with Crippen molar-refractivity contribution in [1.29, 1.82) is 0 Å². The van der Waals surface area contributed by atoms with E-state index < -0.39 is 0 Å². The maximum Gasteiger partial charge on any atom is 0.226 e. The van der Waals surface area contributed by atoms with E-state index in [4.69, 9.17) is 5.73 Å². The highest BCUT2D eigenvalue weighted by molar-refractivity contribution is 5.79. The number of amides is 1. The number of hydrogen-bond acceptors (Lipinski definition) is 2. The Balaban J connectivity index is 1.94. The fourth-order valence-electron chi connectivity index (χ4n) is 3.30. The van der Waals surface area contributed by atoms with Crippen molar-refractivity contribution in [3.05, 3.63) is 0 Å². The number of carbonyl (C=O) groups excluding carboxylic acids is 1. The smallest absolute Gasteiger partial charge is 0.226 e. The van der Waals surface area contributed by atoms with Gasteiger partial charge in [-0.3, -0.25) is 4.79 Å². The highest BCUT2D eigenvalue weighted by Crippen LogP contribution is 2.32. The van der Waals surface area contributed by atoms with Gasteiger partial charge in [-0.1, -0.05) is 20.3 Å². The van der Waals surface area contributed by atoms with E-state index in [1.807, 2.05) is 0 Å². The molecule has 2 fully saturated rings. The van der Waals surface area contributed by atoms with Crippen LogP contribution < -0.4 is 5.73 Å². The summed E-state index contributed by atoms with van der Waals surface area (Å²) in [6.45, 7) is 6.38. The highest BCUT2D eigenvalue weighted by atomic mass is 16.2. The van der Waals surface area contributed by atoms with Crippen LogP contribution >= 0.6 is 0 Å². The van der Waals surface area contributed by atoms with Gasteiger partial charge in [0.1, 0.15) is 0 Å². The monoisotopic (exact) mass is 238 g/mol. The van der Waals surface area contributed by atoms with Crippen LogP contribution in [0.2, 0.25) is 0 Å². The predicted molar refractivity (Wildman–Crippen MR) is 69.5 cm³/mol. The van der Waals surface area contributed by atoms with Gasteiger partial charge in [0.15, 0.2) is 0 Å². The van der Waals surface area contributed by atoms with Crippen LogP contribution in [0.4, 0.5) is 0 Å². The summed E-state index contributed by atoms with van der Waals surface area (Å²) in [5.74, 6) is 1.81. The number of carbonyl (C=O) groups is 1. The summed E-state index contributed by atoms with van der Waals surface area (Å²) in [5, 5.41) is 0. The molecule has 0 aromatic heterocycles. The minimum absolute atomic E-state index is 0.189. The normalized spacial score (nSPS) is 38.4. The van der Waals surface area contributed by atoms with E-state index in [0.717, 1.165) is 38.3 Å². The summed E-state index contributed by atoms with van der Waals surface area (Å²) in [6.07, 6.45) is 5.48. The number of nitrogens with zero attached hydrogens (tertiary/aromatic N) is 1. The lowest BCUT2D eigenvalue weighted by Gasteiger charge is -2.34. The van der Waals surface area contributed by atoms with E-state index in [-0.39, 0.29) is 12.0 Å². The lowest BCUT2D eigenvalue weighted by Crippen LogP contribution is -2.43. The van der Waals surface area contributed by atoms with Crippen molar-refractivity contribution in [3.8, 4) is 0 Å². The summed E-state index contributed by atoms with van der Waals surface area (Å²) in [5.41, 5.74) is 6.01. The Labute approximate surface area is 105 Å². The molecule has 1 saturated carbocycles. The second-order valence-corrected chi connectivity index (χ2v) is 6.00. The molecule has 0 aromatic rings. The first kappa shape index (κ1) is 12.9. The molecule has 4 atom stereocenters. The molecule has 1 aliphatic carbocycles. The van der Waals surface area contributed by atoms with Gasteiger partial charge < -0.3 is 10.6 Å². The molecule has 1 aliphatic heterocycles. The maximum atomic E-state index is 12.5. The lowest BCUT2D eigenvalue weighted by atomic mass is 9.77. The van der Waals surface area contributed by atoms with E-state index in [9.17, 15) is 4.79 Å². The number of nitrogens with two attached hydrogens (primary N) is 1. The van der Waals surface area contributed by atoms with E-state index >= 15 is 0 Å². The van der Waals surface area contributed by atoms with E-state index in [2.05, 4.69) is 18.7 Å². The summed E-state index contributed by atoms with van der Waals surface area (Å²) >= 11 is 0. The first-order valence-electron chi connectivity index (χ1n) is 7.16. The Morgan fingerprint density at radius 2 is 2.12 bits per heavy atom. The molecular formula is C14H26N2O. The quantitative estimate of drug-likeness (QED) is 0.800. The molecule has 0 bridgehead atoms. The Kier molecular flexibility index (Phi) is 4.08. The summed E-state index contributed by atoms with van der Waals surface area (Å²) < 4.78 is 0. The van der Waals surface area contributed by atoms with Crippen LogP contribution in [0.3, 0.4) is 0 Å². The Hall–Kier alpha value is -0.570. The van der Waals surface area contributed by atoms with Gasteiger partial charge in [0.05, 0.1) is 0 Å². The second-order valence-electron chi connectivity index (χ2n) is 6.00. The number of rotatable bonds is 2. The zero-order chi connectivity index (χ0) is 12.4. The Morgan fingerprint density at radius 1 is 1.35 bits per heavy atom. The van der Waals surface area contributed by atoms with Crippen LogP contribution in [0.15, 0.2) is 0 Å². The molecule has 1 heterocycles. The molecule has 3 heteroatoms. The Morgan fingerprint density at radius 3 is 2.76 bits per heavy atom. The molecule has 4 unspecified atom stereocenters. The predicted octanol–water partition coefficient (Wildman–Crippen LogP) is 2.01. The zero-order valence-electron chi connectivity index (χ0n) is 11.2. The minimum Gasteiger partial charge on any atom is -0.342 e. The first-order chi connectivity index (χ1) is 8.11. The average molecular weight is 238 g/mol. The third-order valence-corrected chi connectivity index (χ3v) is 4.73. The van der Waals surface area contributed by atoms with Gasteiger partial charge in [0.2, 0.25) is 5.91 Å². The molecule has 2 N–H and O–H groups in total. The fraction of sp³-hybridized carbons (Fsp3) is 0.929. The molecule has 0 spiro atoms. The molecule has 2 aliphatic rings. The number of hydrogen-bond donors (Lipinski definition) is 1. The van der Waals surface area contributed by atoms with Crippen LogP contribution in [-0.4, -0.2) is 29.9 Å². The van der Waals surface area contributed by atoms with Crippen molar-refractivity contribution in [2.45, 2.75) is 52.0 Å². The van der Waals surface area contributed by atoms with Crippen molar-refractivity contribution in [2.75, 3.05) is 13.1 Å². The summed E-state index contributed by atoms with van der Waals surface area (Å²) in [4.78, 5) is 14.6. The van der Waals surface area contributed by atoms with E-state index in [0.29, 0.717) is 11.8 Å². The summed E-state index contributed by atoms with van der Waals surface area (Å²) in [7, 11) is 0. The fourth-order valence-corrected chi connectivity index (χ4v) is 3.30. The summed E-state index contributed by atoms with van der Waals surface area (Å²) in [6, 6.07) is 0.240. The maximum absolute atomic E-state index is 12.5. The van der Waals surface area contributed by atoms with Crippen LogP contribution in [0, 0.1) is 17.8 Å². The molecule has 98 valence electrons. The van der Waals surface area contributed by atoms with E-state index in [1.165, 1.54) is 12.8 Å². The third kappa shape index (κ3) is 2.82. The van der Waals surface area contributed by atoms with Gasteiger partial charge >= 0.3 is 0 Å². The minimum atomic E-state index is 0.189. The molecule has 3 nitrogen and oxygen atoms in total. The van der Waals surface area contributed by atoms with Crippen LogP contribution in [0.25, 0.3) is 0 Å². The molecule has 0 aromatic carbocycles. The van der Waals surface area contributed by atoms with E-state index in [1.54, 1.807) is 0 Å². The van der Waals surface area contributed by atoms with Gasteiger partial charge in [-0.05, 0) is 37.5 Å². The average Bonchev–Trinajstić information content (AvgIpc) is 2.80. The van der Waals surface area contributed by atoms with Crippen molar-refractivity contribution in [1.82, 2.24) is 4.90 Å². The molecule has 0 radical (unpaired) electrons. The SMILES string of the molecule is CCC1CCN(C(=O)C2CC(N)CCC2C)C1. The van der Waals surface area contributed by atoms with Crippen molar-refractivity contribution >= 4 is 5.91 Å². The van der Waals surface area contributed by atoms with Gasteiger partial charge in [-0.25, -0.2) is 0 Å². The Bertz CT molecular complexity index is 279. The van der Waals surface area contributed by atoms with Gasteiger partial charge in [-0.15, -0.1) is 0 Å². The number of likely N-dealkylation sites (tertiary alicyclic amines) is 1. The van der Waals surface area contributed by atoms with Crippen molar-refractivity contribution < 1.29 is 4.79 Å². The molecular weight excluding hydrogens is 212 g/mol. The second kappa shape index (κ2) is 5.38. The van der Waals surface area contributed by atoms with Gasteiger partial charge in [-0.2, -0.15) is 0 Å². The molecule has 1 saturated heterocycles. The van der Waals surface area contributed by atoms with Crippen molar-refractivity contribution in [2.24, 2.45) is 23.5 Å². The van der Waals surface area contributed by atoms with Crippen LogP contribution in [0.1, 0.15) is 46.0 Å². The standard InChI is InChI=1S/C14H26N2O/c1-3-11-6-7-16(9-11)14(17)13-8-12(15)5-4-10(13)2/h10-13H,3-9,15H2,1-2H3. The lowest BCUT2D eigenvalue weighted by molar-refractivity contribution is -0.137.